The molecule has 1 aromatic carbocycles. The van der Waals surface area contributed by atoms with Gasteiger partial charge in [-0.15, -0.1) is 0 Å². The molecule has 2 saturated carbocycles. The Labute approximate surface area is 122 Å². The van der Waals surface area contributed by atoms with Crippen LogP contribution in [0.25, 0.3) is 0 Å². The fourth-order valence-electron chi connectivity index (χ4n) is 4.05. The van der Waals surface area contributed by atoms with Crippen molar-refractivity contribution in [3.63, 3.8) is 0 Å². The second-order valence-corrected chi connectivity index (χ2v) is 6.33. The van der Waals surface area contributed by atoms with E-state index in [1.165, 1.54) is 25.3 Å². The molecule has 4 unspecified atom stereocenters. The number of Topliss-reactive ketones (excluding diaryl/α,β-unsaturated/α-hetero) is 1. The van der Waals surface area contributed by atoms with Crippen molar-refractivity contribution in [2.75, 3.05) is 0 Å². The van der Waals surface area contributed by atoms with Gasteiger partial charge in [-0.25, -0.2) is 8.78 Å². The Hall–Kier alpha value is -1.76. The second kappa shape index (κ2) is 5.55. The zero-order chi connectivity index (χ0) is 15.0. The molecule has 2 fully saturated rings. The zero-order valence-corrected chi connectivity index (χ0v) is 11.7. The third-order valence-electron chi connectivity index (χ3n) is 5.07. The standard InChI is InChI=1S/C17H17F2NO/c18-13-3-4-14(16(19)8-13)15(9-20)17(21)7-12-6-10-1-2-11(12)5-10/h3-4,8,10-12,15H,1-2,5-7H2. The molecule has 21 heavy (non-hydrogen) atoms. The van der Waals surface area contributed by atoms with Crippen LogP contribution in [0.1, 0.15) is 43.6 Å². The molecule has 2 bridgehead atoms. The van der Waals surface area contributed by atoms with E-state index in [1.54, 1.807) is 0 Å². The van der Waals surface area contributed by atoms with Gasteiger partial charge < -0.3 is 0 Å². The minimum absolute atomic E-state index is 0.00736. The monoisotopic (exact) mass is 289 g/mol. The number of halogens is 2. The van der Waals surface area contributed by atoms with E-state index in [1.807, 2.05) is 6.07 Å². The number of carbonyl (C=O) groups excluding carboxylic acids is 1. The van der Waals surface area contributed by atoms with Gasteiger partial charge in [0.1, 0.15) is 17.6 Å². The van der Waals surface area contributed by atoms with E-state index in [9.17, 15) is 18.8 Å². The highest BCUT2D eigenvalue weighted by Crippen LogP contribution is 2.50. The Morgan fingerprint density at radius 3 is 2.71 bits per heavy atom. The minimum atomic E-state index is -1.12. The highest BCUT2D eigenvalue weighted by Gasteiger charge is 2.41. The Morgan fingerprint density at radius 1 is 1.33 bits per heavy atom. The maximum Gasteiger partial charge on any atom is 0.154 e. The van der Waals surface area contributed by atoms with Crippen LogP contribution in [0.15, 0.2) is 18.2 Å². The van der Waals surface area contributed by atoms with Crippen molar-refractivity contribution in [2.24, 2.45) is 17.8 Å². The van der Waals surface area contributed by atoms with Crippen LogP contribution >= 0.6 is 0 Å². The van der Waals surface area contributed by atoms with Gasteiger partial charge in [0.15, 0.2) is 5.78 Å². The third kappa shape index (κ3) is 2.70. The number of benzene rings is 1. The summed E-state index contributed by atoms with van der Waals surface area (Å²) >= 11 is 0. The topological polar surface area (TPSA) is 40.9 Å². The average Bonchev–Trinajstić information content (AvgIpc) is 3.04. The summed E-state index contributed by atoms with van der Waals surface area (Å²) in [4.78, 5) is 12.4. The molecule has 0 saturated heterocycles. The van der Waals surface area contributed by atoms with E-state index in [4.69, 9.17) is 0 Å². The van der Waals surface area contributed by atoms with Crippen LogP contribution in [-0.2, 0) is 4.79 Å². The molecule has 2 nitrogen and oxygen atoms in total. The number of rotatable bonds is 4. The van der Waals surface area contributed by atoms with E-state index in [0.717, 1.165) is 24.5 Å². The molecule has 0 heterocycles. The van der Waals surface area contributed by atoms with Crippen molar-refractivity contribution < 1.29 is 13.6 Å². The van der Waals surface area contributed by atoms with Gasteiger partial charge >= 0.3 is 0 Å². The van der Waals surface area contributed by atoms with Crippen molar-refractivity contribution in [1.82, 2.24) is 0 Å². The highest BCUT2D eigenvalue weighted by molar-refractivity contribution is 5.88. The summed E-state index contributed by atoms with van der Waals surface area (Å²) in [5, 5.41) is 9.22. The van der Waals surface area contributed by atoms with Crippen LogP contribution in [0.5, 0.6) is 0 Å². The molecule has 110 valence electrons. The van der Waals surface area contributed by atoms with Gasteiger partial charge in [-0.2, -0.15) is 5.26 Å². The van der Waals surface area contributed by atoms with E-state index in [0.29, 0.717) is 18.3 Å². The molecule has 2 aliphatic rings. The average molecular weight is 289 g/mol. The molecule has 0 aliphatic heterocycles. The predicted molar refractivity (Wildman–Crippen MR) is 73.3 cm³/mol. The first-order chi connectivity index (χ1) is 10.1. The molecule has 0 aromatic heterocycles. The lowest BCUT2D eigenvalue weighted by Crippen LogP contribution is -2.20. The van der Waals surface area contributed by atoms with Crippen LogP contribution in [0.2, 0.25) is 0 Å². The molecule has 4 atom stereocenters. The second-order valence-electron chi connectivity index (χ2n) is 6.33. The summed E-state index contributed by atoms with van der Waals surface area (Å²) in [6, 6.07) is 4.91. The zero-order valence-electron chi connectivity index (χ0n) is 11.7. The number of hydrogen-bond acceptors (Lipinski definition) is 2. The first-order valence-electron chi connectivity index (χ1n) is 7.45. The van der Waals surface area contributed by atoms with Crippen molar-refractivity contribution in [3.8, 4) is 6.07 Å². The summed E-state index contributed by atoms with van der Waals surface area (Å²) < 4.78 is 26.7. The van der Waals surface area contributed by atoms with E-state index in [2.05, 4.69) is 0 Å². The molecule has 2 aliphatic carbocycles. The smallest absolute Gasteiger partial charge is 0.154 e. The maximum absolute atomic E-state index is 13.8. The van der Waals surface area contributed by atoms with Gasteiger partial charge in [0.25, 0.3) is 0 Å². The normalized spacial score (nSPS) is 28.3. The molecule has 0 amide bonds. The summed E-state index contributed by atoms with van der Waals surface area (Å²) in [6.07, 6.45) is 5.02. The molecule has 0 radical (unpaired) electrons. The SMILES string of the molecule is N#CC(C(=O)CC1CC2CCC1C2)c1ccc(F)cc1F. The van der Waals surface area contributed by atoms with Crippen LogP contribution in [0.4, 0.5) is 8.78 Å². The van der Waals surface area contributed by atoms with Crippen LogP contribution in [0.3, 0.4) is 0 Å². The van der Waals surface area contributed by atoms with Gasteiger partial charge in [-0.3, -0.25) is 4.79 Å². The van der Waals surface area contributed by atoms with Gasteiger partial charge in [0.2, 0.25) is 0 Å². The summed E-state index contributed by atoms with van der Waals surface area (Å²) in [7, 11) is 0. The quantitative estimate of drug-likeness (QED) is 0.841. The Bertz CT molecular complexity index is 607. The maximum atomic E-state index is 13.8. The fraction of sp³-hybridized carbons (Fsp3) is 0.529. The number of nitrogens with zero attached hydrogens (tertiary/aromatic N) is 1. The van der Waals surface area contributed by atoms with E-state index in [-0.39, 0.29) is 11.3 Å². The summed E-state index contributed by atoms with van der Waals surface area (Å²) in [5.41, 5.74) is -0.00736. The first-order valence-corrected chi connectivity index (χ1v) is 7.45. The number of ketones is 1. The van der Waals surface area contributed by atoms with Crippen molar-refractivity contribution in [2.45, 2.75) is 38.0 Å². The lowest BCUT2D eigenvalue weighted by atomic mass is 9.82. The highest BCUT2D eigenvalue weighted by atomic mass is 19.1. The molecular formula is C17H17F2NO. The third-order valence-corrected chi connectivity index (χ3v) is 5.07. The fourth-order valence-corrected chi connectivity index (χ4v) is 4.05. The molecule has 1 aromatic rings. The molecule has 0 spiro atoms. The molecule has 4 heteroatoms. The summed E-state index contributed by atoms with van der Waals surface area (Å²) in [6.45, 7) is 0. The van der Waals surface area contributed by atoms with E-state index < -0.39 is 17.6 Å². The lowest BCUT2D eigenvalue weighted by molar-refractivity contribution is -0.120. The van der Waals surface area contributed by atoms with Crippen molar-refractivity contribution in [1.29, 1.82) is 5.26 Å². The van der Waals surface area contributed by atoms with Gasteiger partial charge in [0, 0.05) is 18.1 Å². The predicted octanol–water partition coefficient (Wildman–Crippen LogP) is 3.97. The number of nitriles is 1. The molecular weight excluding hydrogens is 272 g/mol. The Kier molecular flexibility index (Phi) is 3.75. The number of fused-ring (bicyclic) bond motifs is 2. The number of carbonyl (C=O) groups is 1. The van der Waals surface area contributed by atoms with Gasteiger partial charge in [-0.05, 0) is 43.1 Å². The van der Waals surface area contributed by atoms with Crippen LogP contribution < -0.4 is 0 Å². The largest absolute Gasteiger partial charge is 0.298 e. The van der Waals surface area contributed by atoms with Gasteiger partial charge in [-0.1, -0.05) is 12.5 Å². The Morgan fingerprint density at radius 2 is 2.14 bits per heavy atom. The van der Waals surface area contributed by atoms with Crippen molar-refractivity contribution >= 4 is 5.78 Å². The molecule has 0 N–H and O–H groups in total. The Balaban J connectivity index is 1.74. The first kappa shape index (κ1) is 14.2. The number of hydrogen-bond donors (Lipinski definition) is 0. The van der Waals surface area contributed by atoms with Crippen LogP contribution in [0, 0.1) is 40.7 Å². The van der Waals surface area contributed by atoms with Crippen molar-refractivity contribution in [3.05, 3.63) is 35.4 Å². The van der Waals surface area contributed by atoms with Gasteiger partial charge in [0.05, 0.1) is 6.07 Å². The minimum Gasteiger partial charge on any atom is -0.298 e. The molecule has 3 rings (SSSR count). The van der Waals surface area contributed by atoms with Crippen LogP contribution in [-0.4, -0.2) is 5.78 Å². The van der Waals surface area contributed by atoms with E-state index >= 15 is 0 Å². The summed E-state index contributed by atoms with van der Waals surface area (Å²) in [5.74, 6) is -1.20. The lowest BCUT2D eigenvalue weighted by Gasteiger charge is -2.21.